The lowest BCUT2D eigenvalue weighted by molar-refractivity contribution is -0.384. The SMILES string of the molecule is COc1ccc([C@@H]2C[C@@H](c3ccccc3Cl)n3ncnc3N2C(=O)c2cccc([N+](=O)[O-])c2)cc1. The summed E-state index contributed by atoms with van der Waals surface area (Å²) >= 11 is 6.54. The minimum atomic E-state index is -0.524. The van der Waals surface area contributed by atoms with Crippen LogP contribution in [0.2, 0.25) is 5.02 Å². The van der Waals surface area contributed by atoms with Crippen LogP contribution in [-0.2, 0) is 0 Å². The molecule has 0 aliphatic carbocycles. The van der Waals surface area contributed by atoms with E-state index in [1.165, 1.54) is 24.5 Å². The lowest BCUT2D eigenvalue weighted by Crippen LogP contribution is -2.42. The quantitative estimate of drug-likeness (QED) is 0.281. The van der Waals surface area contributed by atoms with Gasteiger partial charge in [0.25, 0.3) is 11.6 Å². The molecule has 1 aliphatic rings. The van der Waals surface area contributed by atoms with E-state index in [0.717, 1.165) is 11.1 Å². The van der Waals surface area contributed by atoms with Crippen molar-refractivity contribution in [2.24, 2.45) is 0 Å². The third kappa shape index (κ3) is 4.10. The van der Waals surface area contributed by atoms with E-state index < -0.39 is 16.9 Å². The van der Waals surface area contributed by atoms with E-state index in [0.29, 0.717) is 23.1 Å². The Morgan fingerprint density at radius 3 is 2.57 bits per heavy atom. The largest absolute Gasteiger partial charge is 0.497 e. The zero-order valence-corrected chi connectivity index (χ0v) is 19.4. The van der Waals surface area contributed by atoms with E-state index in [1.807, 2.05) is 48.5 Å². The summed E-state index contributed by atoms with van der Waals surface area (Å²) in [6, 6.07) is 19.9. The average Bonchev–Trinajstić information content (AvgIpc) is 3.38. The van der Waals surface area contributed by atoms with Crippen molar-refractivity contribution in [2.75, 3.05) is 12.0 Å². The highest BCUT2D eigenvalue weighted by molar-refractivity contribution is 6.31. The van der Waals surface area contributed by atoms with Crippen molar-refractivity contribution in [1.82, 2.24) is 14.8 Å². The molecule has 0 spiro atoms. The Morgan fingerprint density at radius 2 is 1.86 bits per heavy atom. The van der Waals surface area contributed by atoms with Crippen LogP contribution in [0.1, 0.15) is 40.0 Å². The van der Waals surface area contributed by atoms with Crippen LogP contribution in [0, 0.1) is 10.1 Å². The number of anilines is 1. The van der Waals surface area contributed by atoms with E-state index in [2.05, 4.69) is 10.1 Å². The van der Waals surface area contributed by atoms with Gasteiger partial charge in [-0.3, -0.25) is 19.8 Å². The number of amides is 1. The number of carbonyl (C=O) groups is 1. The number of nitrogens with zero attached hydrogens (tertiary/aromatic N) is 5. The molecule has 0 saturated heterocycles. The summed E-state index contributed by atoms with van der Waals surface area (Å²) in [6.45, 7) is 0. The van der Waals surface area contributed by atoms with Crippen molar-refractivity contribution < 1.29 is 14.5 Å². The minimum absolute atomic E-state index is 0.163. The monoisotopic (exact) mass is 489 g/mol. The van der Waals surface area contributed by atoms with Gasteiger partial charge in [0.15, 0.2) is 0 Å². The fraction of sp³-hybridized carbons (Fsp3) is 0.160. The van der Waals surface area contributed by atoms with Gasteiger partial charge in [-0.1, -0.05) is 48.0 Å². The molecule has 35 heavy (non-hydrogen) atoms. The van der Waals surface area contributed by atoms with Gasteiger partial charge < -0.3 is 4.74 Å². The predicted octanol–water partition coefficient (Wildman–Crippen LogP) is 5.23. The van der Waals surface area contributed by atoms with Crippen LogP contribution in [0.3, 0.4) is 0 Å². The molecule has 10 heteroatoms. The fourth-order valence-corrected chi connectivity index (χ4v) is 4.69. The number of halogens is 1. The molecular formula is C25H20ClN5O4. The van der Waals surface area contributed by atoms with Crippen LogP contribution in [0.15, 0.2) is 79.1 Å². The number of ether oxygens (including phenoxy) is 1. The number of methoxy groups -OCH3 is 1. The summed E-state index contributed by atoms with van der Waals surface area (Å²) in [5.74, 6) is 0.604. The second kappa shape index (κ2) is 9.19. The second-order valence-electron chi connectivity index (χ2n) is 8.05. The Kier molecular flexibility index (Phi) is 5.92. The number of benzene rings is 3. The summed E-state index contributed by atoms with van der Waals surface area (Å²) in [5.41, 5.74) is 1.74. The first-order valence-corrected chi connectivity index (χ1v) is 11.2. The molecule has 1 aliphatic heterocycles. The van der Waals surface area contributed by atoms with Gasteiger partial charge in [-0.15, -0.1) is 0 Å². The number of hydrogen-bond donors (Lipinski definition) is 0. The molecule has 4 aromatic rings. The maximum Gasteiger partial charge on any atom is 0.270 e. The number of carbonyl (C=O) groups excluding carboxylic acids is 1. The second-order valence-corrected chi connectivity index (χ2v) is 8.46. The lowest BCUT2D eigenvalue weighted by Gasteiger charge is -2.39. The van der Waals surface area contributed by atoms with Gasteiger partial charge in [-0.05, 0) is 41.8 Å². The molecule has 3 aromatic carbocycles. The van der Waals surface area contributed by atoms with Crippen molar-refractivity contribution in [2.45, 2.75) is 18.5 Å². The smallest absolute Gasteiger partial charge is 0.270 e. The molecule has 9 nitrogen and oxygen atoms in total. The Labute approximate surface area is 205 Å². The summed E-state index contributed by atoms with van der Waals surface area (Å²) in [6.07, 6.45) is 1.86. The number of nitro groups is 1. The van der Waals surface area contributed by atoms with Crippen LogP contribution in [-0.4, -0.2) is 32.7 Å². The first-order valence-electron chi connectivity index (χ1n) is 10.8. The minimum Gasteiger partial charge on any atom is -0.497 e. The van der Waals surface area contributed by atoms with E-state index in [-0.39, 0.29) is 17.3 Å². The Bertz CT molecular complexity index is 1410. The molecule has 0 N–H and O–H groups in total. The summed E-state index contributed by atoms with van der Waals surface area (Å²) in [4.78, 5) is 30.6. The van der Waals surface area contributed by atoms with Gasteiger partial charge in [-0.25, -0.2) is 4.68 Å². The van der Waals surface area contributed by atoms with Gasteiger partial charge in [0.05, 0.1) is 24.1 Å². The first-order chi connectivity index (χ1) is 17.0. The zero-order valence-electron chi connectivity index (χ0n) is 18.6. The van der Waals surface area contributed by atoms with Gasteiger partial charge in [0.1, 0.15) is 12.1 Å². The van der Waals surface area contributed by atoms with E-state index in [1.54, 1.807) is 22.8 Å². The number of fused-ring (bicyclic) bond motifs is 1. The molecule has 0 saturated carbocycles. The molecule has 0 fully saturated rings. The number of rotatable bonds is 5. The highest BCUT2D eigenvalue weighted by Gasteiger charge is 2.40. The van der Waals surface area contributed by atoms with Crippen LogP contribution >= 0.6 is 11.6 Å². The van der Waals surface area contributed by atoms with Crippen molar-refractivity contribution in [3.8, 4) is 5.75 Å². The zero-order chi connectivity index (χ0) is 24.5. The van der Waals surface area contributed by atoms with Crippen molar-refractivity contribution >= 4 is 29.1 Å². The Morgan fingerprint density at radius 1 is 1.09 bits per heavy atom. The van der Waals surface area contributed by atoms with Gasteiger partial charge in [0, 0.05) is 22.7 Å². The molecule has 2 atom stereocenters. The molecule has 1 amide bonds. The van der Waals surface area contributed by atoms with Crippen LogP contribution in [0.4, 0.5) is 11.6 Å². The van der Waals surface area contributed by atoms with Gasteiger partial charge >= 0.3 is 0 Å². The average molecular weight is 490 g/mol. The van der Waals surface area contributed by atoms with Gasteiger partial charge in [0.2, 0.25) is 5.95 Å². The molecule has 0 unspecified atom stereocenters. The Hall–Kier alpha value is -4.24. The molecule has 1 aromatic heterocycles. The maximum atomic E-state index is 13.8. The molecule has 0 bridgehead atoms. The summed E-state index contributed by atoms with van der Waals surface area (Å²) in [5, 5.41) is 16.3. The Balaban J connectivity index is 1.65. The van der Waals surface area contributed by atoms with Crippen molar-refractivity contribution in [3.05, 3.63) is 111 Å². The van der Waals surface area contributed by atoms with Crippen LogP contribution in [0.5, 0.6) is 5.75 Å². The predicted molar refractivity (Wildman–Crippen MR) is 130 cm³/mol. The molecule has 176 valence electrons. The molecule has 5 rings (SSSR count). The standard InChI is InChI=1S/C25H20ClN5O4/c1-35-19-11-9-16(10-12-19)22-14-23(20-7-2-3-8-21(20)26)30-25(27-15-28-30)29(22)24(32)17-5-4-6-18(13-17)31(33)34/h2-13,15,22-23H,14H2,1H3/t22-,23-/m0/s1. The highest BCUT2D eigenvalue weighted by Crippen LogP contribution is 2.44. The van der Waals surface area contributed by atoms with Gasteiger partial charge in [-0.2, -0.15) is 10.1 Å². The van der Waals surface area contributed by atoms with E-state index in [4.69, 9.17) is 16.3 Å². The number of hydrogen-bond acceptors (Lipinski definition) is 6. The van der Waals surface area contributed by atoms with E-state index in [9.17, 15) is 14.9 Å². The van der Waals surface area contributed by atoms with Crippen molar-refractivity contribution in [3.63, 3.8) is 0 Å². The number of aromatic nitrogens is 3. The highest BCUT2D eigenvalue weighted by atomic mass is 35.5. The normalized spacial score (nSPS) is 17.0. The number of nitro benzene ring substituents is 1. The van der Waals surface area contributed by atoms with E-state index >= 15 is 0 Å². The third-order valence-corrected chi connectivity index (χ3v) is 6.45. The summed E-state index contributed by atoms with van der Waals surface area (Å²) in [7, 11) is 1.59. The van der Waals surface area contributed by atoms with Crippen LogP contribution < -0.4 is 9.64 Å². The number of non-ortho nitro benzene ring substituents is 1. The first kappa shape index (κ1) is 22.5. The topological polar surface area (TPSA) is 103 Å². The van der Waals surface area contributed by atoms with Crippen molar-refractivity contribution in [1.29, 1.82) is 0 Å². The maximum absolute atomic E-state index is 13.8. The molecule has 0 radical (unpaired) electrons. The van der Waals surface area contributed by atoms with Crippen LogP contribution in [0.25, 0.3) is 0 Å². The lowest BCUT2D eigenvalue weighted by atomic mass is 9.91. The fourth-order valence-electron chi connectivity index (χ4n) is 4.43. The molecule has 2 heterocycles. The molecular weight excluding hydrogens is 470 g/mol. The third-order valence-electron chi connectivity index (χ3n) is 6.11. The summed E-state index contributed by atoms with van der Waals surface area (Å²) < 4.78 is 6.97.